The molecule has 0 unspecified atom stereocenters. The summed E-state index contributed by atoms with van der Waals surface area (Å²) in [6.07, 6.45) is 3.25. The lowest BCUT2D eigenvalue weighted by atomic mass is 10.3. The van der Waals surface area contributed by atoms with Crippen LogP contribution in [0.4, 0.5) is 5.82 Å². The monoisotopic (exact) mass is 338 g/mol. The maximum absolute atomic E-state index is 13.0. The van der Waals surface area contributed by atoms with Gasteiger partial charge in [0, 0.05) is 12.2 Å². The molecule has 1 fully saturated rings. The first kappa shape index (κ1) is 15.1. The molecule has 0 amide bonds. The Kier molecular flexibility index (Phi) is 3.97. The van der Waals surface area contributed by atoms with Crippen LogP contribution in [0.25, 0.3) is 0 Å². The third-order valence-corrected chi connectivity index (χ3v) is 5.58. The fourth-order valence-electron chi connectivity index (χ4n) is 2.22. The van der Waals surface area contributed by atoms with Crippen molar-refractivity contribution >= 4 is 27.4 Å². The third-order valence-electron chi connectivity index (χ3n) is 3.43. The molecular weight excluding hydrogens is 324 g/mol. The Morgan fingerprint density at radius 2 is 2.05 bits per heavy atom. The molecule has 0 saturated heterocycles. The van der Waals surface area contributed by atoms with Crippen molar-refractivity contribution in [2.24, 2.45) is 0 Å². The third kappa shape index (κ3) is 2.76. The first-order valence-electron chi connectivity index (χ1n) is 6.83. The first-order chi connectivity index (χ1) is 10.5. The topological polar surface area (TPSA) is 59.5 Å². The normalized spacial score (nSPS) is 14.6. The van der Waals surface area contributed by atoms with Gasteiger partial charge in [-0.3, -0.25) is 0 Å². The van der Waals surface area contributed by atoms with Gasteiger partial charge in [-0.1, -0.05) is 17.7 Å². The average Bonchev–Trinajstić information content (AvgIpc) is 3.33. The molecule has 116 valence electrons. The summed E-state index contributed by atoms with van der Waals surface area (Å²) in [5.74, 6) is 0.869. The van der Waals surface area contributed by atoms with E-state index in [0.29, 0.717) is 11.6 Å². The Labute approximate surface area is 134 Å². The summed E-state index contributed by atoms with van der Waals surface area (Å²) in [7, 11) is -2.22. The molecule has 0 atom stereocenters. The zero-order chi connectivity index (χ0) is 15.7. The number of nitrogens with zero attached hydrogens (tertiary/aromatic N) is 2. The van der Waals surface area contributed by atoms with Gasteiger partial charge in [0.2, 0.25) is 0 Å². The number of anilines is 1. The van der Waals surface area contributed by atoms with Crippen LogP contribution in [-0.4, -0.2) is 26.6 Å². The molecule has 2 aromatic rings. The van der Waals surface area contributed by atoms with E-state index in [9.17, 15) is 8.42 Å². The van der Waals surface area contributed by atoms with Crippen molar-refractivity contribution in [1.82, 2.24) is 4.98 Å². The molecule has 1 aromatic carbocycles. The quantitative estimate of drug-likeness (QED) is 0.840. The number of hydrogen-bond donors (Lipinski definition) is 0. The second-order valence-electron chi connectivity index (χ2n) is 5.02. The molecule has 0 aliphatic heterocycles. The van der Waals surface area contributed by atoms with Crippen LogP contribution < -0.4 is 9.04 Å². The molecule has 1 aliphatic rings. The van der Waals surface area contributed by atoms with Crippen molar-refractivity contribution in [3.8, 4) is 5.75 Å². The standard InChI is InChI=1S/C15H15ClN2O3S/c1-21-14-8-7-12(10-13(14)16)22(19,20)18(11-5-6-11)15-4-2-3-9-17-15/h2-4,7-11H,5-6H2,1H3. The molecule has 1 aromatic heterocycles. The van der Waals surface area contributed by atoms with Gasteiger partial charge in [0.1, 0.15) is 11.6 Å². The van der Waals surface area contributed by atoms with Crippen molar-refractivity contribution in [2.75, 3.05) is 11.4 Å². The van der Waals surface area contributed by atoms with E-state index in [2.05, 4.69) is 4.98 Å². The van der Waals surface area contributed by atoms with Crippen molar-refractivity contribution < 1.29 is 13.2 Å². The molecule has 5 nitrogen and oxygen atoms in total. The number of ether oxygens (including phenoxy) is 1. The van der Waals surface area contributed by atoms with Crippen molar-refractivity contribution in [3.63, 3.8) is 0 Å². The van der Waals surface area contributed by atoms with E-state index in [1.165, 1.54) is 23.5 Å². The minimum Gasteiger partial charge on any atom is -0.495 e. The summed E-state index contributed by atoms with van der Waals surface area (Å²) >= 11 is 6.06. The van der Waals surface area contributed by atoms with Gasteiger partial charge in [0.25, 0.3) is 10.0 Å². The number of methoxy groups -OCH3 is 1. The minimum atomic E-state index is -3.71. The number of halogens is 1. The van der Waals surface area contributed by atoms with Gasteiger partial charge >= 0.3 is 0 Å². The number of rotatable bonds is 5. The lowest BCUT2D eigenvalue weighted by Gasteiger charge is -2.23. The van der Waals surface area contributed by atoms with E-state index in [0.717, 1.165) is 12.8 Å². The average molecular weight is 339 g/mol. The first-order valence-corrected chi connectivity index (χ1v) is 8.65. The largest absolute Gasteiger partial charge is 0.495 e. The Bertz CT molecular complexity index is 777. The number of aromatic nitrogens is 1. The van der Waals surface area contributed by atoms with Crippen LogP contribution in [-0.2, 0) is 10.0 Å². The van der Waals surface area contributed by atoms with Crippen LogP contribution in [0.5, 0.6) is 5.75 Å². The van der Waals surface area contributed by atoms with Crippen LogP contribution in [0.1, 0.15) is 12.8 Å². The molecule has 0 spiro atoms. The van der Waals surface area contributed by atoms with Crippen LogP contribution in [0.15, 0.2) is 47.5 Å². The summed E-state index contributed by atoms with van der Waals surface area (Å²) in [6.45, 7) is 0. The summed E-state index contributed by atoms with van der Waals surface area (Å²) in [5, 5.41) is 0.264. The molecular formula is C15H15ClN2O3S. The van der Waals surface area contributed by atoms with Crippen LogP contribution in [0.3, 0.4) is 0 Å². The molecule has 0 radical (unpaired) electrons. The van der Waals surface area contributed by atoms with Crippen molar-refractivity contribution in [1.29, 1.82) is 0 Å². The molecule has 1 saturated carbocycles. The predicted molar refractivity (Wildman–Crippen MR) is 84.9 cm³/mol. The van der Waals surface area contributed by atoms with E-state index in [4.69, 9.17) is 16.3 Å². The minimum absolute atomic E-state index is 0.0409. The Balaban J connectivity index is 2.05. The Morgan fingerprint density at radius 1 is 1.27 bits per heavy atom. The highest BCUT2D eigenvalue weighted by atomic mass is 35.5. The number of sulfonamides is 1. The maximum atomic E-state index is 13.0. The molecule has 7 heteroatoms. The summed E-state index contributed by atoms with van der Waals surface area (Å²) in [6, 6.07) is 9.65. The molecule has 1 aliphatic carbocycles. The zero-order valence-electron chi connectivity index (χ0n) is 11.9. The van der Waals surface area contributed by atoms with E-state index in [1.807, 2.05) is 0 Å². The molecule has 0 bridgehead atoms. The fraction of sp³-hybridized carbons (Fsp3) is 0.267. The van der Waals surface area contributed by atoms with E-state index in [-0.39, 0.29) is 16.0 Å². The molecule has 22 heavy (non-hydrogen) atoms. The van der Waals surface area contributed by atoms with E-state index >= 15 is 0 Å². The van der Waals surface area contributed by atoms with E-state index in [1.54, 1.807) is 30.5 Å². The lowest BCUT2D eigenvalue weighted by Crippen LogP contribution is -2.33. The van der Waals surface area contributed by atoms with Crippen molar-refractivity contribution in [3.05, 3.63) is 47.6 Å². The Morgan fingerprint density at radius 3 is 2.59 bits per heavy atom. The van der Waals surface area contributed by atoms with Gasteiger partial charge in [-0.2, -0.15) is 0 Å². The molecule has 3 rings (SSSR count). The lowest BCUT2D eigenvalue weighted by molar-refractivity contribution is 0.414. The van der Waals surface area contributed by atoms with E-state index < -0.39 is 10.0 Å². The van der Waals surface area contributed by atoms with Crippen LogP contribution >= 0.6 is 11.6 Å². The Hall–Kier alpha value is -1.79. The highest BCUT2D eigenvalue weighted by molar-refractivity contribution is 7.92. The van der Waals surface area contributed by atoms with Gasteiger partial charge in [0.15, 0.2) is 0 Å². The van der Waals surface area contributed by atoms with Crippen LogP contribution in [0.2, 0.25) is 5.02 Å². The van der Waals surface area contributed by atoms with Gasteiger partial charge in [0.05, 0.1) is 17.0 Å². The summed E-state index contributed by atoms with van der Waals surface area (Å²) in [4.78, 5) is 4.31. The molecule has 0 N–H and O–H groups in total. The van der Waals surface area contributed by atoms with Gasteiger partial charge in [-0.25, -0.2) is 17.7 Å². The predicted octanol–water partition coefficient (Wildman–Crippen LogP) is 3.10. The fourth-order valence-corrected chi connectivity index (χ4v) is 4.23. The van der Waals surface area contributed by atoms with Gasteiger partial charge in [-0.05, 0) is 43.2 Å². The van der Waals surface area contributed by atoms with Gasteiger partial charge < -0.3 is 4.74 Å². The second kappa shape index (κ2) is 5.78. The summed E-state index contributed by atoms with van der Waals surface area (Å²) in [5.41, 5.74) is 0. The smallest absolute Gasteiger partial charge is 0.265 e. The number of hydrogen-bond acceptors (Lipinski definition) is 4. The highest BCUT2D eigenvalue weighted by Gasteiger charge is 2.39. The van der Waals surface area contributed by atoms with Crippen molar-refractivity contribution in [2.45, 2.75) is 23.8 Å². The SMILES string of the molecule is COc1ccc(S(=O)(=O)N(c2ccccn2)C2CC2)cc1Cl. The van der Waals surface area contributed by atoms with Crippen LogP contribution in [0, 0.1) is 0 Å². The number of pyridine rings is 1. The van der Waals surface area contributed by atoms with Gasteiger partial charge in [-0.15, -0.1) is 0 Å². The number of benzene rings is 1. The highest BCUT2D eigenvalue weighted by Crippen LogP contribution is 2.37. The molecule has 1 heterocycles. The maximum Gasteiger partial charge on any atom is 0.265 e. The zero-order valence-corrected chi connectivity index (χ0v) is 13.5. The second-order valence-corrected chi connectivity index (χ2v) is 7.24. The summed E-state index contributed by atoms with van der Waals surface area (Å²) < 4.78 is 32.4.